The van der Waals surface area contributed by atoms with E-state index in [9.17, 15) is 0 Å². The van der Waals surface area contributed by atoms with Crippen LogP contribution in [0.5, 0.6) is 0 Å². The Labute approximate surface area is 79.7 Å². The number of ether oxygens (including phenoxy) is 1. The second-order valence-electron chi connectivity index (χ2n) is 2.98. The minimum absolute atomic E-state index is 0.183. The molecule has 1 radical (unpaired) electrons. The molecule has 71 valence electrons. The van der Waals surface area contributed by atoms with E-state index in [4.69, 9.17) is 10.5 Å². The largest absolute Gasteiger partial charge is 0.359 e. The zero-order chi connectivity index (χ0) is 9.52. The normalized spacial score (nSPS) is 12.8. The first-order valence-corrected chi connectivity index (χ1v) is 4.53. The molecule has 0 saturated heterocycles. The molecule has 0 spiro atoms. The third-order valence-corrected chi connectivity index (χ3v) is 1.80. The molecule has 1 unspecified atom stereocenters. The average molecular weight is 178 g/mol. The number of benzene rings is 1. The van der Waals surface area contributed by atoms with Crippen LogP contribution in [0.3, 0.4) is 0 Å². The molecule has 2 N–H and O–H groups in total. The number of rotatable bonds is 5. The van der Waals surface area contributed by atoms with E-state index in [2.05, 4.69) is 6.92 Å². The molecule has 0 aliphatic heterocycles. The molecular weight excluding hydrogens is 162 g/mol. The second kappa shape index (κ2) is 5.73. The van der Waals surface area contributed by atoms with Crippen molar-refractivity contribution in [2.24, 2.45) is 5.73 Å². The fourth-order valence-corrected chi connectivity index (χ4v) is 1.06. The quantitative estimate of drug-likeness (QED) is 0.701. The molecule has 0 aromatic heterocycles. The molecule has 0 saturated carbocycles. The summed E-state index contributed by atoms with van der Waals surface area (Å²) in [7, 11) is 0. The summed E-state index contributed by atoms with van der Waals surface area (Å²) in [6.45, 7) is 4.31. The van der Waals surface area contributed by atoms with E-state index in [0.29, 0.717) is 6.61 Å². The Kier molecular flexibility index (Phi) is 4.50. The van der Waals surface area contributed by atoms with Crippen molar-refractivity contribution in [3.05, 3.63) is 42.8 Å². The maximum atomic E-state index is 5.67. The highest BCUT2D eigenvalue weighted by molar-refractivity contribution is 5.13. The predicted molar refractivity (Wildman–Crippen MR) is 53.8 cm³/mol. The van der Waals surface area contributed by atoms with E-state index < -0.39 is 0 Å². The van der Waals surface area contributed by atoms with Crippen molar-refractivity contribution in [3.8, 4) is 0 Å². The van der Waals surface area contributed by atoms with Crippen molar-refractivity contribution >= 4 is 0 Å². The fraction of sp³-hybridized carbons (Fsp3) is 0.364. The maximum Gasteiger partial charge on any atom is 0.106 e. The van der Waals surface area contributed by atoms with Crippen molar-refractivity contribution in [2.75, 3.05) is 0 Å². The van der Waals surface area contributed by atoms with Gasteiger partial charge in [0.05, 0.1) is 6.61 Å². The molecule has 1 rings (SSSR count). The maximum absolute atomic E-state index is 5.67. The molecule has 1 aromatic rings. The summed E-state index contributed by atoms with van der Waals surface area (Å²) < 4.78 is 5.41. The first-order valence-electron chi connectivity index (χ1n) is 4.53. The van der Waals surface area contributed by atoms with Gasteiger partial charge in [0.2, 0.25) is 0 Å². The Morgan fingerprint density at radius 3 is 2.62 bits per heavy atom. The summed E-state index contributed by atoms with van der Waals surface area (Å²) >= 11 is 0. The van der Waals surface area contributed by atoms with Gasteiger partial charge in [0.25, 0.3) is 0 Å². The highest BCUT2D eigenvalue weighted by Crippen LogP contribution is 2.03. The van der Waals surface area contributed by atoms with Crippen LogP contribution in [0.1, 0.15) is 18.4 Å². The minimum atomic E-state index is -0.183. The van der Waals surface area contributed by atoms with Gasteiger partial charge in [-0.05, 0) is 18.4 Å². The molecule has 0 aliphatic rings. The Balaban J connectivity index is 2.27. The highest BCUT2D eigenvalue weighted by atomic mass is 16.5. The van der Waals surface area contributed by atoms with E-state index in [1.54, 1.807) is 0 Å². The lowest BCUT2D eigenvalue weighted by atomic mass is 10.2. The summed E-state index contributed by atoms with van der Waals surface area (Å²) in [5.41, 5.74) is 6.82. The van der Waals surface area contributed by atoms with Gasteiger partial charge in [-0.2, -0.15) is 0 Å². The monoisotopic (exact) mass is 178 g/mol. The summed E-state index contributed by atoms with van der Waals surface area (Å²) in [5, 5.41) is 0. The fourth-order valence-electron chi connectivity index (χ4n) is 1.06. The lowest BCUT2D eigenvalue weighted by molar-refractivity contribution is 0.0400. The van der Waals surface area contributed by atoms with Crippen LogP contribution in [0, 0.1) is 6.92 Å². The SMILES string of the molecule is [CH2]CCC(N)OCc1ccccc1. The van der Waals surface area contributed by atoms with E-state index in [0.717, 1.165) is 18.4 Å². The molecule has 13 heavy (non-hydrogen) atoms. The molecule has 0 bridgehead atoms. The van der Waals surface area contributed by atoms with Gasteiger partial charge in [0.15, 0.2) is 0 Å². The zero-order valence-electron chi connectivity index (χ0n) is 7.78. The first-order chi connectivity index (χ1) is 6.33. The van der Waals surface area contributed by atoms with E-state index >= 15 is 0 Å². The number of hydrogen-bond acceptors (Lipinski definition) is 2. The molecule has 1 aromatic carbocycles. The summed E-state index contributed by atoms with van der Waals surface area (Å²) in [4.78, 5) is 0. The average Bonchev–Trinajstić information content (AvgIpc) is 2.17. The van der Waals surface area contributed by atoms with E-state index in [1.807, 2.05) is 30.3 Å². The van der Waals surface area contributed by atoms with Gasteiger partial charge in [-0.3, -0.25) is 0 Å². The molecule has 0 heterocycles. The molecule has 1 atom stereocenters. The van der Waals surface area contributed by atoms with Crippen LogP contribution in [0.15, 0.2) is 30.3 Å². The Morgan fingerprint density at radius 1 is 1.31 bits per heavy atom. The van der Waals surface area contributed by atoms with Crippen LogP contribution < -0.4 is 5.73 Å². The van der Waals surface area contributed by atoms with Gasteiger partial charge in [-0.25, -0.2) is 0 Å². The van der Waals surface area contributed by atoms with Crippen LogP contribution >= 0.6 is 0 Å². The highest BCUT2D eigenvalue weighted by Gasteiger charge is 2.00. The van der Waals surface area contributed by atoms with Gasteiger partial charge in [0.1, 0.15) is 6.23 Å². The third-order valence-electron chi connectivity index (χ3n) is 1.80. The van der Waals surface area contributed by atoms with Crippen LogP contribution in [-0.4, -0.2) is 6.23 Å². The van der Waals surface area contributed by atoms with Crippen molar-refractivity contribution in [1.82, 2.24) is 0 Å². The van der Waals surface area contributed by atoms with E-state index in [-0.39, 0.29) is 6.23 Å². The van der Waals surface area contributed by atoms with Crippen LogP contribution in [0.2, 0.25) is 0 Å². The minimum Gasteiger partial charge on any atom is -0.359 e. The smallest absolute Gasteiger partial charge is 0.106 e. The Hall–Kier alpha value is -0.860. The van der Waals surface area contributed by atoms with Gasteiger partial charge in [0, 0.05) is 0 Å². The third kappa shape index (κ3) is 4.06. The van der Waals surface area contributed by atoms with Crippen LogP contribution in [-0.2, 0) is 11.3 Å². The molecule has 0 fully saturated rings. The van der Waals surface area contributed by atoms with Crippen LogP contribution in [0.4, 0.5) is 0 Å². The van der Waals surface area contributed by atoms with E-state index in [1.165, 1.54) is 0 Å². The van der Waals surface area contributed by atoms with Gasteiger partial charge in [-0.15, -0.1) is 0 Å². The standard InChI is InChI=1S/C11H16NO/c1-2-6-11(12)13-9-10-7-4-3-5-8-10/h3-5,7-8,11H,1-2,6,9,12H2. The molecule has 0 aliphatic carbocycles. The lowest BCUT2D eigenvalue weighted by Crippen LogP contribution is -2.23. The molecule has 2 heteroatoms. The molecular formula is C11H16NO. The van der Waals surface area contributed by atoms with Crippen molar-refractivity contribution < 1.29 is 4.74 Å². The van der Waals surface area contributed by atoms with Crippen LogP contribution in [0.25, 0.3) is 0 Å². The number of hydrogen-bond donors (Lipinski definition) is 1. The summed E-state index contributed by atoms with van der Waals surface area (Å²) in [6.07, 6.45) is 1.45. The molecule has 2 nitrogen and oxygen atoms in total. The topological polar surface area (TPSA) is 35.2 Å². The lowest BCUT2D eigenvalue weighted by Gasteiger charge is -2.11. The van der Waals surface area contributed by atoms with Gasteiger partial charge in [-0.1, -0.05) is 37.3 Å². The Bertz CT molecular complexity index is 223. The Morgan fingerprint density at radius 2 is 2.00 bits per heavy atom. The van der Waals surface area contributed by atoms with Gasteiger partial charge < -0.3 is 10.5 Å². The summed E-state index contributed by atoms with van der Waals surface area (Å²) in [6, 6.07) is 10.0. The number of nitrogens with two attached hydrogens (primary N) is 1. The van der Waals surface area contributed by atoms with Crippen molar-refractivity contribution in [2.45, 2.75) is 25.7 Å². The van der Waals surface area contributed by atoms with Crippen molar-refractivity contribution in [3.63, 3.8) is 0 Å². The first kappa shape index (κ1) is 10.2. The molecule has 0 amide bonds. The predicted octanol–water partition coefficient (Wildman–Crippen LogP) is 2.10. The van der Waals surface area contributed by atoms with Gasteiger partial charge >= 0.3 is 0 Å². The second-order valence-corrected chi connectivity index (χ2v) is 2.98. The van der Waals surface area contributed by atoms with Crippen molar-refractivity contribution in [1.29, 1.82) is 0 Å². The summed E-state index contributed by atoms with van der Waals surface area (Å²) in [5.74, 6) is 0. The zero-order valence-corrected chi connectivity index (χ0v) is 7.78.